The number of benzene rings is 1. The summed E-state index contributed by atoms with van der Waals surface area (Å²) in [6, 6.07) is 6.59. The lowest BCUT2D eigenvalue weighted by Gasteiger charge is -2.32. The maximum absolute atomic E-state index is 13.8. The van der Waals surface area contributed by atoms with Crippen molar-refractivity contribution in [1.82, 2.24) is 19.6 Å². The van der Waals surface area contributed by atoms with Gasteiger partial charge in [0.25, 0.3) is 0 Å². The average Bonchev–Trinajstić information content (AvgIpc) is 3.09. The predicted octanol–water partition coefficient (Wildman–Crippen LogP) is 3.96. The normalized spacial score (nSPS) is 16.1. The first-order valence-corrected chi connectivity index (χ1v) is 10.1. The molecule has 2 aromatic heterocycles. The summed E-state index contributed by atoms with van der Waals surface area (Å²) in [5.41, 5.74) is 7.90. The summed E-state index contributed by atoms with van der Waals surface area (Å²) in [5.74, 6) is -0.173. The molecule has 1 aliphatic rings. The van der Waals surface area contributed by atoms with Crippen LogP contribution in [0.4, 0.5) is 10.2 Å². The van der Waals surface area contributed by atoms with Crippen LogP contribution in [0.1, 0.15) is 39.7 Å². The summed E-state index contributed by atoms with van der Waals surface area (Å²) in [7, 11) is 0. The Morgan fingerprint density at radius 2 is 1.97 bits per heavy atom. The van der Waals surface area contributed by atoms with Crippen LogP contribution in [0.2, 0.25) is 0 Å². The standard InChI is InChI=1S/C22H26FN5O2/c1-22(2,3)21(29)30-27-9-7-16(8-10-27)28-12-17(14-5-4-6-15(23)11-14)18-19(24)25-13-26-20(18)28/h4-6,11-13,16H,7-10H2,1-3H3,(H2,24,25,26). The van der Waals surface area contributed by atoms with Crippen molar-refractivity contribution in [2.24, 2.45) is 5.41 Å². The van der Waals surface area contributed by atoms with E-state index < -0.39 is 5.41 Å². The second-order valence-corrected chi connectivity index (χ2v) is 8.71. The van der Waals surface area contributed by atoms with Crippen LogP contribution in [0.3, 0.4) is 0 Å². The summed E-state index contributed by atoms with van der Waals surface area (Å²) in [4.78, 5) is 26.3. The number of nitrogens with two attached hydrogens (primary N) is 1. The first-order chi connectivity index (χ1) is 14.2. The fourth-order valence-corrected chi connectivity index (χ4v) is 3.73. The third kappa shape index (κ3) is 3.87. The van der Waals surface area contributed by atoms with Gasteiger partial charge in [-0.05, 0) is 51.3 Å². The fraction of sp³-hybridized carbons (Fsp3) is 0.409. The van der Waals surface area contributed by atoms with E-state index in [1.54, 1.807) is 11.1 Å². The van der Waals surface area contributed by atoms with Crippen LogP contribution in [0, 0.1) is 11.2 Å². The van der Waals surface area contributed by atoms with E-state index >= 15 is 0 Å². The number of carbonyl (C=O) groups is 1. The molecule has 30 heavy (non-hydrogen) atoms. The first kappa shape index (κ1) is 20.3. The smallest absolute Gasteiger partial charge is 0.330 e. The Bertz CT molecular complexity index is 1080. The Hall–Kier alpha value is -3.00. The molecule has 1 aliphatic heterocycles. The Labute approximate surface area is 174 Å². The van der Waals surface area contributed by atoms with Crippen molar-refractivity contribution < 1.29 is 14.0 Å². The number of hydrogen-bond acceptors (Lipinski definition) is 6. The van der Waals surface area contributed by atoms with E-state index in [1.807, 2.05) is 33.0 Å². The summed E-state index contributed by atoms with van der Waals surface area (Å²) >= 11 is 0. The van der Waals surface area contributed by atoms with Crippen molar-refractivity contribution in [3.63, 3.8) is 0 Å². The fourth-order valence-electron chi connectivity index (χ4n) is 3.73. The average molecular weight is 411 g/mol. The minimum absolute atomic E-state index is 0.161. The number of anilines is 1. The van der Waals surface area contributed by atoms with E-state index in [2.05, 4.69) is 14.5 Å². The van der Waals surface area contributed by atoms with Crippen LogP contribution in [0.25, 0.3) is 22.2 Å². The monoisotopic (exact) mass is 411 g/mol. The lowest BCUT2D eigenvalue weighted by atomic mass is 9.98. The van der Waals surface area contributed by atoms with Gasteiger partial charge in [0.05, 0.1) is 10.8 Å². The number of hydroxylamine groups is 2. The molecule has 1 fully saturated rings. The van der Waals surface area contributed by atoms with Crippen molar-refractivity contribution in [2.75, 3.05) is 18.8 Å². The van der Waals surface area contributed by atoms with Crippen LogP contribution < -0.4 is 5.73 Å². The summed E-state index contributed by atoms with van der Waals surface area (Å²) in [6.45, 7) is 6.77. The Balaban J connectivity index is 1.62. The number of aromatic nitrogens is 3. The number of halogens is 1. The summed E-state index contributed by atoms with van der Waals surface area (Å²) in [6.07, 6.45) is 5.00. The van der Waals surface area contributed by atoms with E-state index in [0.717, 1.165) is 35.0 Å². The number of rotatable bonds is 3. The van der Waals surface area contributed by atoms with E-state index in [1.165, 1.54) is 18.5 Å². The number of carbonyl (C=O) groups excluding carboxylic acids is 1. The van der Waals surface area contributed by atoms with Crippen molar-refractivity contribution in [1.29, 1.82) is 0 Å². The first-order valence-electron chi connectivity index (χ1n) is 10.1. The predicted molar refractivity (Wildman–Crippen MR) is 113 cm³/mol. The molecular weight excluding hydrogens is 385 g/mol. The minimum Gasteiger partial charge on any atom is -0.383 e. The minimum atomic E-state index is -0.540. The molecule has 0 aliphatic carbocycles. The summed E-state index contributed by atoms with van der Waals surface area (Å²) in [5, 5.41) is 2.46. The molecule has 0 radical (unpaired) electrons. The number of fused-ring (bicyclic) bond motifs is 1. The van der Waals surface area contributed by atoms with E-state index in [9.17, 15) is 9.18 Å². The second-order valence-electron chi connectivity index (χ2n) is 8.71. The Morgan fingerprint density at radius 3 is 2.63 bits per heavy atom. The number of piperidine rings is 1. The van der Waals surface area contributed by atoms with Gasteiger partial charge in [0.1, 0.15) is 23.6 Å². The molecule has 1 saturated heterocycles. The van der Waals surface area contributed by atoms with Crippen LogP contribution in [-0.4, -0.2) is 38.7 Å². The third-order valence-corrected chi connectivity index (χ3v) is 5.42. The highest BCUT2D eigenvalue weighted by Crippen LogP contribution is 2.36. The van der Waals surface area contributed by atoms with Crippen LogP contribution in [0.15, 0.2) is 36.8 Å². The number of hydrogen-bond donors (Lipinski definition) is 1. The van der Waals surface area contributed by atoms with Gasteiger partial charge in [-0.3, -0.25) is 0 Å². The van der Waals surface area contributed by atoms with Crippen LogP contribution >= 0.6 is 0 Å². The summed E-state index contributed by atoms with van der Waals surface area (Å²) < 4.78 is 15.9. The highest BCUT2D eigenvalue weighted by molar-refractivity contribution is 6.00. The molecule has 0 unspecified atom stereocenters. The van der Waals surface area contributed by atoms with Crippen LogP contribution in [0.5, 0.6) is 0 Å². The van der Waals surface area contributed by atoms with E-state index in [-0.39, 0.29) is 17.8 Å². The van der Waals surface area contributed by atoms with Crippen molar-refractivity contribution in [3.8, 4) is 11.1 Å². The number of nitrogen functional groups attached to an aromatic ring is 1. The Kier molecular flexibility index (Phi) is 5.19. The van der Waals surface area contributed by atoms with Gasteiger partial charge in [-0.15, -0.1) is 5.06 Å². The van der Waals surface area contributed by atoms with Gasteiger partial charge in [0.15, 0.2) is 0 Å². The lowest BCUT2D eigenvalue weighted by molar-refractivity contribution is -0.205. The molecule has 3 aromatic rings. The van der Waals surface area contributed by atoms with E-state index in [4.69, 9.17) is 10.6 Å². The van der Waals surface area contributed by atoms with Gasteiger partial charge >= 0.3 is 5.97 Å². The molecule has 0 bridgehead atoms. The third-order valence-electron chi connectivity index (χ3n) is 5.42. The maximum Gasteiger partial charge on any atom is 0.330 e. The van der Waals surface area contributed by atoms with Gasteiger partial charge < -0.3 is 15.1 Å². The van der Waals surface area contributed by atoms with Gasteiger partial charge in [-0.1, -0.05) is 12.1 Å². The van der Waals surface area contributed by atoms with E-state index in [0.29, 0.717) is 18.9 Å². The largest absolute Gasteiger partial charge is 0.383 e. The maximum atomic E-state index is 13.8. The second kappa shape index (κ2) is 7.68. The van der Waals surface area contributed by atoms with Crippen molar-refractivity contribution >= 4 is 22.8 Å². The molecule has 0 atom stereocenters. The zero-order valence-electron chi connectivity index (χ0n) is 17.4. The van der Waals surface area contributed by atoms with Gasteiger partial charge in [-0.2, -0.15) is 0 Å². The zero-order chi connectivity index (χ0) is 21.5. The van der Waals surface area contributed by atoms with Gasteiger partial charge in [-0.25, -0.2) is 19.2 Å². The lowest BCUT2D eigenvalue weighted by Crippen LogP contribution is -2.39. The molecule has 0 saturated carbocycles. The zero-order valence-corrected chi connectivity index (χ0v) is 17.4. The van der Waals surface area contributed by atoms with Crippen molar-refractivity contribution in [3.05, 3.63) is 42.6 Å². The molecule has 3 heterocycles. The molecule has 8 heteroatoms. The molecule has 2 N–H and O–H groups in total. The van der Waals surface area contributed by atoms with Crippen LogP contribution in [-0.2, 0) is 9.63 Å². The van der Waals surface area contributed by atoms with Gasteiger partial charge in [0, 0.05) is 30.9 Å². The highest BCUT2D eigenvalue weighted by Gasteiger charge is 2.30. The number of nitrogens with zero attached hydrogens (tertiary/aromatic N) is 4. The van der Waals surface area contributed by atoms with Crippen molar-refractivity contribution in [2.45, 2.75) is 39.7 Å². The molecule has 4 rings (SSSR count). The topological polar surface area (TPSA) is 86.3 Å². The molecule has 1 aromatic carbocycles. The molecule has 158 valence electrons. The van der Waals surface area contributed by atoms with Gasteiger partial charge in [0.2, 0.25) is 0 Å². The molecule has 0 amide bonds. The SMILES string of the molecule is CC(C)(C)C(=O)ON1CCC(n2cc(-c3cccc(F)c3)c3c(N)ncnc32)CC1. The highest BCUT2D eigenvalue weighted by atomic mass is 19.1. The molecule has 0 spiro atoms. The molecular formula is C22H26FN5O2. The molecule has 7 nitrogen and oxygen atoms in total. The quantitative estimate of drug-likeness (QED) is 0.702. The Morgan fingerprint density at radius 1 is 1.23 bits per heavy atom.